The number of hydrogen-bond acceptors (Lipinski definition) is 4. The molecule has 4 N–H and O–H groups in total. The first-order valence-electron chi connectivity index (χ1n) is 5.97. The third-order valence-electron chi connectivity index (χ3n) is 2.81. The Balaban J connectivity index is 2.64. The molecule has 0 aromatic carbocycles. The van der Waals surface area contributed by atoms with E-state index < -0.39 is 36.5 Å². The SMILES string of the molecule is CC1(NC(=O)N(CC(N)=O)CC(=O)O)CCCOC1. The summed E-state index contributed by atoms with van der Waals surface area (Å²) < 4.78 is 5.29. The van der Waals surface area contributed by atoms with Crippen LogP contribution in [0, 0.1) is 0 Å². The molecule has 1 heterocycles. The number of hydrogen-bond donors (Lipinski definition) is 3. The van der Waals surface area contributed by atoms with Crippen LogP contribution in [0.15, 0.2) is 0 Å². The molecule has 1 aliphatic heterocycles. The van der Waals surface area contributed by atoms with Gasteiger partial charge >= 0.3 is 12.0 Å². The Hall–Kier alpha value is -1.83. The van der Waals surface area contributed by atoms with Crippen molar-refractivity contribution in [2.75, 3.05) is 26.3 Å². The van der Waals surface area contributed by atoms with Crippen molar-refractivity contribution in [3.63, 3.8) is 0 Å². The molecule has 1 rings (SSSR count). The molecule has 0 spiro atoms. The van der Waals surface area contributed by atoms with Gasteiger partial charge in [-0.25, -0.2) is 4.79 Å². The van der Waals surface area contributed by atoms with E-state index in [2.05, 4.69) is 5.32 Å². The van der Waals surface area contributed by atoms with E-state index >= 15 is 0 Å². The van der Waals surface area contributed by atoms with Gasteiger partial charge in [-0.15, -0.1) is 0 Å². The number of amides is 3. The number of rotatable bonds is 5. The maximum absolute atomic E-state index is 12.0. The zero-order chi connectivity index (χ0) is 14.5. The van der Waals surface area contributed by atoms with Crippen molar-refractivity contribution in [2.24, 2.45) is 5.73 Å². The van der Waals surface area contributed by atoms with Gasteiger partial charge in [-0.3, -0.25) is 9.59 Å². The molecule has 0 radical (unpaired) electrons. The molecular weight excluding hydrogens is 254 g/mol. The molecule has 3 amide bonds. The number of nitrogens with one attached hydrogen (secondary N) is 1. The van der Waals surface area contributed by atoms with Crippen molar-refractivity contribution >= 4 is 17.9 Å². The molecule has 8 heteroatoms. The van der Waals surface area contributed by atoms with Gasteiger partial charge in [-0.2, -0.15) is 0 Å². The van der Waals surface area contributed by atoms with E-state index in [0.717, 1.165) is 17.7 Å². The van der Waals surface area contributed by atoms with Crippen molar-refractivity contribution in [3.05, 3.63) is 0 Å². The van der Waals surface area contributed by atoms with Gasteiger partial charge in [-0.05, 0) is 19.8 Å². The van der Waals surface area contributed by atoms with Crippen molar-refractivity contribution < 1.29 is 24.2 Å². The lowest BCUT2D eigenvalue weighted by molar-refractivity contribution is -0.137. The predicted octanol–water partition coefficient (Wildman–Crippen LogP) is -0.863. The van der Waals surface area contributed by atoms with Gasteiger partial charge in [0, 0.05) is 6.61 Å². The number of carboxylic acids is 1. The van der Waals surface area contributed by atoms with Crippen LogP contribution in [0.1, 0.15) is 19.8 Å². The number of carboxylic acid groups (broad SMARTS) is 1. The van der Waals surface area contributed by atoms with Crippen LogP contribution in [-0.4, -0.2) is 59.8 Å². The molecule has 1 aliphatic rings. The molecule has 0 aromatic rings. The second-order valence-corrected chi connectivity index (χ2v) is 4.86. The van der Waals surface area contributed by atoms with Gasteiger partial charge < -0.3 is 25.8 Å². The summed E-state index contributed by atoms with van der Waals surface area (Å²) in [7, 11) is 0. The Labute approximate surface area is 110 Å². The number of primary amides is 1. The van der Waals surface area contributed by atoms with Crippen LogP contribution in [0.4, 0.5) is 4.79 Å². The highest BCUT2D eigenvalue weighted by Gasteiger charge is 2.31. The summed E-state index contributed by atoms with van der Waals surface area (Å²) in [5.74, 6) is -1.97. The van der Waals surface area contributed by atoms with Crippen LogP contribution in [0.5, 0.6) is 0 Å². The monoisotopic (exact) mass is 273 g/mol. The lowest BCUT2D eigenvalue weighted by Gasteiger charge is -2.35. The van der Waals surface area contributed by atoms with Gasteiger partial charge in [0.25, 0.3) is 0 Å². The van der Waals surface area contributed by atoms with E-state index in [1.807, 2.05) is 6.92 Å². The average molecular weight is 273 g/mol. The molecule has 1 atom stereocenters. The summed E-state index contributed by atoms with van der Waals surface area (Å²) in [4.78, 5) is 34.4. The summed E-state index contributed by atoms with van der Waals surface area (Å²) in [6.45, 7) is 1.80. The minimum absolute atomic E-state index is 0.357. The fraction of sp³-hybridized carbons (Fsp3) is 0.727. The molecule has 1 unspecified atom stereocenters. The van der Waals surface area contributed by atoms with Gasteiger partial charge in [0.1, 0.15) is 13.1 Å². The fourth-order valence-corrected chi connectivity index (χ4v) is 1.92. The highest BCUT2D eigenvalue weighted by Crippen LogP contribution is 2.18. The number of ether oxygens (including phenoxy) is 1. The first-order chi connectivity index (χ1) is 8.82. The van der Waals surface area contributed by atoms with Crippen LogP contribution < -0.4 is 11.1 Å². The van der Waals surface area contributed by atoms with Crippen molar-refractivity contribution in [3.8, 4) is 0 Å². The Morgan fingerprint density at radius 1 is 1.42 bits per heavy atom. The van der Waals surface area contributed by atoms with Crippen molar-refractivity contribution in [1.29, 1.82) is 0 Å². The van der Waals surface area contributed by atoms with E-state index in [1.165, 1.54) is 0 Å². The average Bonchev–Trinajstić information content (AvgIpc) is 2.27. The number of urea groups is 1. The van der Waals surface area contributed by atoms with E-state index in [-0.39, 0.29) is 0 Å². The summed E-state index contributed by atoms with van der Waals surface area (Å²) in [5.41, 5.74) is 4.44. The molecule has 0 saturated carbocycles. The molecule has 0 aliphatic carbocycles. The predicted molar refractivity (Wildman–Crippen MR) is 65.4 cm³/mol. The minimum atomic E-state index is -1.21. The zero-order valence-electron chi connectivity index (χ0n) is 10.8. The van der Waals surface area contributed by atoms with Gasteiger partial charge in [-0.1, -0.05) is 0 Å². The summed E-state index contributed by atoms with van der Waals surface area (Å²) in [5, 5.41) is 11.4. The Morgan fingerprint density at radius 2 is 2.11 bits per heavy atom. The van der Waals surface area contributed by atoms with E-state index in [9.17, 15) is 14.4 Å². The largest absolute Gasteiger partial charge is 0.480 e. The van der Waals surface area contributed by atoms with Crippen LogP contribution >= 0.6 is 0 Å². The Morgan fingerprint density at radius 3 is 2.58 bits per heavy atom. The Bertz CT molecular complexity index is 349. The highest BCUT2D eigenvalue weighted by atomic mass is 16.5. The number of nitrogens with two attached hydrogens (primary N) is 1. The molecule has 19 heavy (non-hydrogen) atoms. The number of carbonyl (C=O) groups excluding carboxylic acids is 2. The first kappa shape index (κ1) is 15.2. The molecule has 0 bridgehead atoms. The molecule has 1 fully saturated rings. The maximum Gasteiger partial charge on any atom is 0.323 e. The molecule has 8 nitrogen and oxygen atoms in total. The lowest BCUT2D eigenvalue weighted by atomic mass is 9.95. The van der Waals surface area contributed by atoms with E-state index in [0.29, 0.717) is 13.2 Å². The van der Waals surface area contributed by atoms with Crippen LogP contribution in [0.2, 0.25) is 0 Å². The molecule has 108 valence electrons. The standard InChI is InChI=1S/C11H19N3O5/c1-11(3-2-4-19-7-11)13-10(18)14(5-8(12)15)6-9(16)17/h2-7H2,1H3,(H2,12,15)(H,13,18)(H,16,17). The first-order valence-corrected chi connectivity index (χ1v) is 5.97. The second kappa shape index (κ2) is 6.37. The Kier molecular flexibility index (Phi) is 5.11. The van der Waals surface area contributed by atoms with Crippen molar-refractivity contribution in [2.45, 2.75) is 25.3 Å². The van der Waals surface area contributed by atoms with Gasteiger partial charge in [0.2, 0.25) is 5.91 Å². The zero-order valence-corrected chi connectivity index (χ0v) is 10.8. The smallest absolute Gasteiger partial charge is 0.323 e. The quantitative estimate of drug-likeness (QED) is 0.601. The number of carbonyl (C=O) groups is 3. The maximum atomic E-state index is 12.0. The van der Waals surface area contributed by atoms with Crippen molar-refractivity contribution in [1.82, 2.24) is 10.2 Å². The van der Waals surface area contributed by atoms with Gasteiger partial charge in [0.05, 0.1) is 12.1 Å². The minimum Gasteiger partial charge on any atom is -0.480 e. The van der Waals surface area contributed by atoms with Gasteiger partial charge in [0.15, 0.2) is 0 Å². The number of aliphatic carboxylic acids is 1. The van der Waals surface area contributed by atoms with E-state index in [4.69, 9.17) is 15.6 Å². The summed E-state index contributed by atoms with van der Waals surface area (Å²) in [6, 6.07) is -0.630. The summed E-state index contributed by atoms with van der Waals surface area (Å²) >= 11 is 0. The lowest BCUT2D eigenvalue weighted by Crippen LogP contribution is -2.57. The van der Waals surface area contributed by atoms with E-state index in [1.54, 1.807) is 0 Å². The third kappa shape index (κ3) is 5.12. The highest BCUT2D eigenvalue weighted by molar-refractivity contribution is 5.86. The third-order valence-corrected chi connectivity index (χ3v) is 2.81. The molecular formula is C11H19N3O5. The number of nitrogens with zero attached hydrogens (tertiary/aromatic N) is 1. The van der Waals surface area contributed by atoms with Crippen LogP contribution in [0.3, 0.4) is 0 Å². The second-order valence-electron chi connectivity index (χ2n) is 4.86. The van der Waals surface area contributed by atoms with Crippen LogP contribution in [0.25, 0.3) is 0 Å². The summed E-state index contributed by atoms with van der Waals surface area (Å²) in [6.07, 6.45) is 1.54. The molecule has 1 saturated heterocycles. The fourth-order valence-electron chi connectivity index (χ4n) is 1.92. The normalized spacial score (nSPS) is 22.6. The topological polar surface area (TPSA) is 122 Å². The molecule has 0 aromatic heterocycles. The van der Waals surface area contributed by atoms with Crippen LogP contribution in [-0.2, 0) is 14.3 Å².